The van der Waals surface area contributed by atoms with Crippen LogP contribution >= 0.6 is 11.3 Å². The van der Waals surface area contributed by atoms with Gasteiger partial charge in [0.1, 0.15) is 17.8 Å². The Hall–Kier alpha value is -3.01. The number of thiophene rings is 1. The van der Waals surface area contributed by atoms with Crippen LogP contribution in [0.1, 0.15) is 29.3 Å². The molecule has 0 aliphatic carbocycles. The second kappa shape index (κ2) is 8.85. The first-order valence-electron chi connectivity index (χ1n) is 10.3. The van der Waals surface area contributed by atoms with Crippen molar-refractivity contribution in [1.29, 1.82) is 0 Å². The van der Waals surface area contributed by atoms with Crippen LogP contribution in [0.25, 0.3) is 0 Å². The molecule has 1 aromatic carbocycles. The third-order valence-electron chi connectivity index (χ3n) is 5.86. The Kier molecular flexibility index (Phi) is 6.14. The highest BCUT2D eigenvalue weighted by atomic mass is 32.1. The normalized spacial score (nSPS) is 20.5. The van der Waals surface area contributed by atoms with Gasteiger partial charge in [-0.25, -0.2) is 4.79 Å². The maximum Gasteiger partial charge on any atom is 0.387 e. The lowest BCUT2D eigenvalue weighted by atomic mass is 9.93. The van der Waals surface area contributed by atoms with E-state index in [4.69, 9.17) is 0 Å². The number of nitrogens with zero attached hydrogens (tertiary/aromatic N) is 2. The number of imide groups is 1. The zero-order chi connectivity index (χ0) is 22.9. The summed E-state index contributed by atoms with van der Waals surface area (Å²) in [6.45, 7) is -0.497. The van der Waals surface area contributed by atoms with E-state index in [1.54, 1.807) is 35.3 Å². The number of rotatable bonds is 7. The van der Waals surface area contributed by atoms with E-state index in [2.05, 4.69) is 10.1 Å². The molecule has 4 rings (SSSR count). The number of halogens is 2. The van der Waals surface area contributed by atoms with Gasteiger partial charge in [-0.15, -0.1) is 11.3 Å². The van der Waals surface area contributed by atoms with E-state index >= 15 is 0 Å². The van der Waals surface area contributed by atoms with Crippen molar-refractivity contribution < 1.29 is 27.9 Å². The molecule has 4 amide bonds. The van der Waals surface area contributed by atoms with Crippen LogP contribution in [-0.4, -0.2) is 52.9 Å². The molecule has 0 spiro atoms. The first-order valence-corrected chi connectivity index (χ1v) is 11.1. The van der Waals surface area contributed by atoms with Gasteiger partial charge in [0.15, 0.2) is 0 Å². The second-order valence-corrected chi connectivity index (χ2v) is 9.11. The summed E-state index contributed by atoms with van der Waals surface area (Å²) in [5.74, 6) is -0.650. The van der Waals surface area contributed by atoms with Crippen LogP contribution < -0.4 is 10.1 Å². The fourth-order valence-electron chi connectivity index (χ4n) is 3.99. The number of urea groups is 1. The summed E-state index contributed by atoms with van der Waals surface area (Å²) >= 11 is 1.67. The molecule has 1 N–H and O–H groups in total. The summed E-state index contributed by atoms with van der Waals surface area (Å²) < 4.78 is 28.9. The summed E-state index contributed by atoms with van der Waals surface area (Å²) in [6, 6.07) is 7.55. The summed E-state index contributed by atoms with van der Waals surface area (Å²) in [5.41, 5.74) is 0.781. The molecule has 7 nitrogen and oxygen atoms in total. The molecule has 2 aliphatic rings. The van der Waals surface area contributed by atoms with Gasteiger partial charge in [-0.2, -0.15) is 8.78 Å². The molecule has 2 aliphatic heterocycles. The minimum Gasteiger partial charge on any atom is -0.435 e. The van der Waals surface area contributed by atoms with Gasteiger partial charge in [0, 0.05) is 18.0 Å². The number of fused-ring (bicyclic) bond motifs is 1. The third kappa shape index (κ3) is 4.59. The molecule has 1 fully saturated rings. The van der Waals surface area contributed by atoms with Crippen molar-refractivity contribution in [2.24, 2.45) is 0 Å². The van der Waals surface area contributed by atoms with Gasteiger partial charge >= 0.3 is 12.6 Å². The average Bonchev–Trinajstić information content (AvgIpc) is 3.31. The second-order valence-electron chi connectivity index (χ2n) is 8.11. The molecule has 0 bridgehead atoms. The number of hydrogen-bond acceptors (Lipinski definition) is 5. The van der Waals surface area contributed by atoms with Crippen LogP contribution in [0.15, 0.2) is 35.7 Å². The predicted octanol–water partition coefficient (Wildman–Crippen LogP) is 3.18. The van der Waals surface area contributed by atoms with Gasteiger partial charge in [-0.05, 0) is 60.9 Å². The Morgan fingerprint density at radius 3 is 2.72 bits per heavy atom. The quantitative estimate of drug-likeness (QED) is 0.640. The average molecular weight is 464 g/mol. The Bertz CT molecular complexity index is 1030. The highest BCUT2D eigenvalue weighted by Gasteiger charge is 2.48. The minimum atomic E-state index is -2.89. The molecular weight excluding hydrogens is 440 g/mol. The van der Waals surface area contributed by atoms with Crippen molar-refractivity contribution in [1.82, 2.24) is 15.1 Å². The maximum absolute atomic E-state index is 13.0. The van der Waals surface area contributed by atoms with Crippen molar-refractivity contribution in [3.63, 3.8) is 0 Å². The van der Waals surface area contributed by atoms with Crippen LogP contribution in [0.2, 0.25) is 0 Å². The van der Waals surface area contributed by atoms with Crippen molar-refractivity contribution in [3.05, 3.63) is 51.7 Å². The molecule has 0 radical (unpaired) electrons. The molecule has 10 heteroatoms. The number of hydrogen-bond donors (Lipinski definition) is 1. The highest BCUT2D eigenvalue weighted by molar-refractivity contribution is 7.10. The van der Waals surface area contributed by atoms with Gasteiger partial charge in [0.05, 0.1) is 0 Å². The first-order chi connectivity index (χ1) is 15.2. The van der Waals surface area contributed by atoms with E-state index in [0.29, 0.717) is 25.9 Å². The maximum atomic E-state index is 13.0. The third-order valence-corrected chi connectivity index (χ3v) is 6.88. The van der Waals surface area contributed by atoms with Crippen LogP contribution in [0, 0.1) is 0 Å². The molecular formula is C22H23F2N3O4S. The Balaban J connectivity index is 1.35. The lowest BCUT2D eigenvalue weighted by Crippen LogP contribution is -2.46. The van der Waals surface area contributed by atoms with Gasteiger partial charge < -0.3 is 15.0 Å². The van der Waals surface area contributed by atoms with E-state index in [0.717, 1.165) is 22.4 Å². The first kappa shape index (κ1) is 22.2. The van der Waals surface area contributed by atoms with Gasteiger partial charge in [0.2, 0.25) is 5.91 Å². The molecule has 3 heterocycles. The molecule has 0 saturated carbocycles. The van der Waals surface area contributed by atoms with E-state index < -0.39 is 24.1 Å². The Morgan fingerprint density at radius 1 is 1.25 bits per heavy atom. The summed E-state index contributed by atoms with van der Waals surface area (Å²) in [5, 5.41) is 4.70. The van der Waals surface area contributed by atoms with E-state index in [-0.39, 0.29) is 18.2 Å². The number of alkyl halides is 2. The lowest BCUT2D eigenvalue weighted by Gasteiger charge is -2.28. The standard InChI is InChI=1S/C22H23F2N3O4S/c1-22(9-6-14-2-4-16(5-3-14)31-20(23)24)19(29)27(21(30)25-22)13-18(28)26-10-7-17-15(12-26)8-11-32-17/h2-5,8,11,20H,6-7,9-10,12-13H2,1H3,(H,25,30)/t22-/m0/s1. The number of carbonyl (C=O) groups excluding carboxylic acids is 3. The van der Waals surface area contributed by atoms with E-state index in [1.165, 1.54) is 17.0 Å². The molecule has 1 saturated heterocycles. The molecule has 32 heavy (non-hydrogen) atoms. The number of ether oxygens (including phenoxy) is 1. The van der Waals surface area contributed by atoms with E-state index in [9.17, 15) is 23.2 Å². The van der Waals surface area contributed by atoms with Crippen molar-refractivity contribution in [3.8, 4) is 5.75 Å². The van der Waals surface area contributed by atoms with Gasteiger partial charge in [0.25, 0.3) is 5.91 Å². The van der Waals surface area contributed by atoms with Crippen LogP contribution in [0.4, 0.5) is 13.6 Å². The summed E-state index contributed by atoms with van der Waals surface area (Å²) in [7, 11) is 0. The largest absolute Gasteiger partial charge is 0.435 e. The topological polar surface area (TPSA) is 79.0 Å². The zero-order valence-corrected chi connectivity index (χ0v) is 18.3. The number of benzene rings is 1. The fraction of sp³-hybridized carbons (Fsp3) is 0.409. The molecule has 0 unspecified atom stereocenters. The highest BCUT2D eigenvalue weighted by Crippen LogP contribution is 2.26. The van der Waals surface area contributed by atoms with Crippen LogP contribution in [0.5, 0.6) is 5.75 Å². The smallest absolute Gasteiger partial charge is 0.387 e. The van der Waals surface area contributed by atoms with Crippen LogP contribution in [-0.2, 0) is 29.0 Å². The summed E-state index contributed by atoms with van der Waals surface area (Å²) in [6.07, 6.45) is 1.52. The molecule has 1 aromatic heterocycles. The van der Waals surface area contributed by atoms with E-state index in [1.807, 2.05) is 11.4 Å². The molecule has 170 valence electrons. The molecule has 2 aromatic rings. The van der Waals surface area contributed by atoms with Crippen LogP contribution in [0.3, 0.4) is 0 Å². The number of carbonyl (C=O) groups is 3. The lowest BCUT2D eigenvalue weighted by molar-refractivity contribution is -0.139. The monoisotopic (exact) mass is 463 g/mol. The number of amides is 4. The molecule has 1 atom stereocenters. The minimum absolute atomic E-state index is 0.0529. The SMILES string of the molecule is C[C@@]1(CCc2ccc(OC(F)F)cc2)NC(=O)N(CC(=O)N2CCc3sccc3C2)C1=O. The number of nitrogens with one attached hydrogen (secondary N) is 1. The predicted molar refractivity (Wildman–Crippen MR) is 113 cm³/mol. The Labute approximate surface area is 187 Å². The van der Waals surface area contributed by atoms with Crippen molar-refractivity contribution >= 4 is 29.2 Å². The van der Waals surface area contributed by atoms with Gasteiger partial charge in [-0.1, -0.05) is 12.1 Å². The van der Waals surface area contributed by atoms with Crippen molar-refractivity contribution in [2.75, 3.05) is 13.1 Å². The van der Waals surface area contributed by atoms with Gasteiger partial charge in [-0.3, -0.25) is 14.5 Å². The fourth-order valence-corrected chi connectivity index (χ4v) is 4.88. The Morgan fingerprint density at radius 2 is 2.00 bits per heavy atom. The zero-order valence-electron chi connectivity index (χ0n) is 17.5. The summed E-state index contributed by atoms with van der Waals surface area (Å²) in [4.78, 5) is 42.1. The number of aryl methyl sites for hydroxylation is 1. The van der Waals surface area contributed by atoms with Crippen molar-refractivity contribution in [2.45, 2.75) is 44.9 Å².